The van der Waals surface area contributed by atoms with E-state index >= 15 is 0 Å². The smallest absolute Gasteiger partial charge is 0.263 e. The van der Waals surface area contributed by atoms with E-state index in [0.29, 0.717) is 0 Å². The molecule has 4 heteroatoms. The molecule has 0 aromatic heterocycles. The number of nitrogens with one attached hydrogen (secondary N) is 1. The Bertz CT molecular complexity index is 534. The molecule has 1 aliphatic rings. The highest BCUT2D eigenvalue weighted by molar-refractivity contribution is 5.81. The molecule has 0 bridgehead atoms. The van der Waals surface area contributed by atoms with Crippen LogP contribution in [0, 0.1) is 13.8 Å². The Kier molecular flexibility index (Phi) is 5.61. The summed E-state index contributed by atoms with van der Waals surface area (Å²) >= 11 is 0. The molecule has 1 aromatic rings. The van der Waals surface area contributed by atoms with Crippen LogP contribution in [0.1, 0.15) is 18.1 Å². The summed E-state index contributed by atoms with van der Waals surface area (Å²) in [6.45, 7) is 14.2. The zero-order valence-electron chi connectivity index (χ0n) is 13.9. The van der Waals surface area contributed by atoms with E-state index in [1.165, 1.54) is 16.0 Å². The summed E-state index contributed by atoms with van der Waals surface area (Å²) in [6, 6.07) is 5.95. The molecule has 0 unspecified atom stereocenters. The molecule has 22 heavy (non-hydrogen) atoms. The molecule has 2 rings (SSSR count). The lowest BCUT2D eigenvalue weighted by Gasteiger charge is -2.33. The van der Waals surface area contributed by atoms with Crippen molar-refractivity contribution in [2.45, 2.75) is 26.9 Å². The lowest BCUT2D eigenvalue weighted by atomic mass is 10.1. The summed E-state index contributed by atoms with van der Waals surface area (Å²) in [5.74, 6) is 0.843. The number of benzene rings is 1. The van der Waals surface area contributed by atoms with Gasteiger partial charge in [0.1, 0.15) is 5.75 Å². The Morgan fingerprint density at radius 2 is 2.05 bits per heavy atom. The van der Waals surface area contributed by atoms with Crippen LogP contribution in [0.15, 0.2) is 30.9 Å². The van der Waals surface area contributed by atoms with Crippen LogP contribution < -0.4 is 9.64 Å². The van der Waals surface area contributed by atoms with Crippen LogP contribution >= 0.6 is 0 Å². The van der Waals surface area contributed by atoms with Crippen molar-refractivity contribution < 1.29 is 14.4 Å². The quantitative estimate of drug-likeness (QED) is 0.823. The summed E-state index contributed by atoms with van der Waals surface area (Å²) < 4.78 is 5.83. The first-order valence-electron chi connectivity index (χ1n) is 7.98. The first-order valence-corrected chi connectivity index (χ1v) is 7.98. The molecule has 0 spiro atoms. The second-order valence-electron chi connectivity index (χ2n) is 6.07. The lowest BCUT2D eigenvalue weighted by molar-refractivity contribution is -0.898. The van der Waals surface area contributed by atoms with Gasteiger partial charge in [0, 0.05) is 0 Å². The van der Waals surface area contributed by atoms with Gasteiger partial charge in [-0.15, -0.1) is 0 Å². The van der Waals surface area contributed by atoms with Gasteiger partial charge in [0.25, 0.3) is 5.91 Å². The molecular weight excluding hydrogens is 276 g/mol. The second-order valence-corrected chi connectivity index (χ2v) is 6.07. The van der Waals surface area contributed by atoms with Gasteiger partial charge in [0.15, 0.2) is 6.10 Å². The van der Waals surface area contributed by atoms with E-state index in [-0.39, 0.29) is 5.91 Å². The standard InChI is InChI=1S/C18H26N2O2/c1-5-8-19-9-11-20(12-10-19)18(21)16(4)22-17-7-6-14(2)15(3)13-17/h5-7,13,16H,1,8-12H2,2-4H3/p+1/t16-/m1/s1. The van der Waals surface area contributed by atoms with Gasteiger partial charge in [-0.3, -0.25) is 4.79 Å². The first-order chi connectivity index (χ1) is 10.5. The van der Waals surface area contributed by atoms with Crippen molar-refractivity contribution >= 4 is 5.91 Å². The van der Waals surface area contributed by atoms with Crippen molar-refractivity contribution in [2.75, 3.05) is 32.7 Å². The van der Waals surface area contributed by atoms with Gasteiger partial charge in [-0.1, -0.05) is 12.6 Å². The van der Waals surface area contributed by atoms with E-state index < -0.39 is 6.10 Å². The third-order valence-corrected chi connectivity index (χ3v) is 4.35. The molecule has 1 N–H and O–H groups in total. The minimum Gasteiger partial charge on any atom is -0.481 e. The molecule has 1 atom stereocenters. The fourth-order valence-corrected chi connectivity index (χ4v) is 2.75. The summed E-state index contributed by atoms with van der Waals surface area (Å²) in [6.07, 6.45) is 1.50. The van der Waals surface area contributed by atoms with Gasteiger partial charge in [0.2, 0.25) is 0 Å². The van der Waals surface area contributed by atoms with Crippen LogP contribution in [-0.4, -0.2) is 49.6 Å². The number of amides is 1. The number of ether oxygens (including phenoxy) is 1. The maximum atomic E-state index is 12.5. The number of hydrogen-bond acceptors (Lipinski definition) is 2. The predicted molar refractivity (Wildman–Crippen MR) is 88.3 cm³/mol. The Balaban J connectivity index is 1.89. The SMILES string of the molecule is C=CC[NH+]1CCN(C(=O)[C@@H](C)Oc2ccc(C)c(C)c2)CC1. The zero-order valence-corrected chi connectivity index (χ0v) is 13.9. The van der Waals surface area contributed by atoms with Crippen molar-refractivity contribution in [3.63, 3.8) is 0 Å². The number of rotatable bonds is 5. The summed E-state index contributed by atoms with van der Waals surface area (Å²) in [5, 5.41) is 0. The maximum Gasteiger partial charge on any atom is 0.263 e. The zero-order chi connectivity index (χ0) is 16.1. The van der Waals surface area contributed by atoms with Crippen LogP contribution in [0.25, 0.3) is 0 Å². The Morgan fingerprint density at radius 1 is 1.36 bits per heavy atom. The van der Waals surface area contributed by atoms with Gasteiger partial charge in [-0.2, -0.15) is 0 Å². The molecule has 1 fully saturated rings. The second kappa shape index (κ2) is 7.45. The highest BCUT2D eigenvalue weighted by Gasteiger charge is 2.27. The molecule has 1 saturated heterocycles. The molecule has 1 aliphatic heterocycles. The van der Waals surface area contributed by atoms with Gasteiger partial charge >= 0.3 is 0 Å². The molecule has 4 nitrogen and oxygen atoms in total. The average molecular weight is 303 g/mol. The lowest BCUT2D eigenvalue weighted by Crippen LogP contribution is -3.14. The van der Waals surface area contributed by atoms with Gasteiger partial charge in [0.05, 0.1) is 32.7 Å². The highest BCUT2D eigenvalue weighted by Crippen LogP contribution is 2.18. The van der Waals surface area contributed by atoms with Crippen molar-refractivity contribution in [3.8, 4) is 5.75 Å². The summed E-state index contributed by atoms with van der Waals surface area (Å²) in [5.41, 5.74) is 2.41. The molecule has 0 saturated carbocycles. The van der Waals surface area contributed by atoms with Crippen molar-refractivity contribution in [2.24, 2.45) is 0 Å². The topological polar surface area (TPSA) is 34.0 Å². The molecular formula is C18H27N2O2+. The summed E-state index contributed by atoms with van der Waals surface area (Å²) in [4.78, 5) is 15.9. The Hall–Kier alpha value is -1.81. The van der Waals surface area contributed by atoms with Crippen LogP contribution in [0.5, 0.6) is 5.75 Å². The highest BCUT2D eigenvalue weighted by atomic mass is 16.5. The molecule has 1 amide bonds. The van der Waals surface area contributed by atoms with Crippen molar-refractivity contribution in [1.29, 1.82) is 0 Å². The third kappa shape index (κ3) is 4.10. The minimum atomic E-state index is -0.442. The van der Waals surface area contributed by atoms with E-state index in [1.807, 2.05) is 36.1 Å². The molecule has 1 heterocycles. The van der Waals surface area contributed by atoms with Crippen LogP contribution in [-0.2, 0) is 4.79 Å². The van der Waals surface area contributed by atoms with E-state index in [9.17, 15) is 4.79 Å². The normalized spacial score (nSPS) is 17.1. The fraction of sp³-hybridized carbons (Fsp3) is 0.500. The number of carbonyl (C=O) groups excluding carboxylic acids is 1. The largest absolute Gasteiger partial charge is 0.481 e. The number of aryl methyl sites for hydroxylation is 2. The maximum absolute atomic E-state index is 12.5. The number of hydrogen-bond donors (Lipinski definition) is 1. The Labute approximate surface area is 133 Å². The predicted octanol–water partition coefficient (Wildman–Crippen LogP) is 0.984. The average Bonchev–Trinajstić information content (AvgIpc) is 2.51. The van der Waals surface area contributed by atoms with Crippen LogP contribution in [0.3, 0.4) is 0 Å². The molecule has 0 aliphatic carbocycles. The minimum absolute atomic E-state index is 0.0795. The molecule has 120 valence electrons. The van der Waals surface area contributed by atoms with E-state index in [2.05, 4.69) is 20.4 Å². The number of carbonyl (C=O) groups is 1. The molecule has 0 radical (unpaired) electrons. The van der Waals surface area contributed by atoms with Crippen molar-refractivity contribution in [3.05, 3.63) is 42.0 Å². The van der Waals surface area contributed by atoms with Gasteiger partial charge in [-0.25, -0.2) is 0 Å². The summed E-state index contributed by atoms with van der Waals surface area (Å²) in [7, 11) is 0. The van der Waals surface area contributed by atoms with E-state index in [4.69, 9.17) is 4.74 Å². The van der Waals surface area contributed by atoms with Gasteiger partial charge in [-0.05, 0) is 50.1 Å². The van der Waals surface area contributed by atoms with E-state index in [1.54, 1.807) is 0 Å². The first kappa shape index (κ1) is 16.6. The van der Waals surface area contributed by atoms with Crippen LogP contribution in [0.4, 0.5) is 0 Å². The Morgan fingerprint density at radius 3 is 2.64 bits per heavy atom. The van der Waals surface area contributed by atoms with Crippen LogP contribution in [0.2, 0.25) is 0 Å². The molecule has 1 aromatic carbocycles. The number of quaternary nitrogens is 1. The third-order valence-electron chi connectivity index (χ3n) is 4.35. The van der Waals surface area contributed by atoms with E-state index in [0.717, 1.165) is 38.5 Å². The number of piperazine rings is 1. The monoisotopic (exact) mass is 303 g/mol. The fourth-order valence-electron chi connectivity index (χ4n) is 2.75. The number of nitrogens with zero attached hydrogens (tertiary/aromatic N) is 1. The van der Waals surface area contributed by atoms with Gasteiger partial charge < -0.3 is 14.5 Å². The van der Waals surface area contributed by atoms with Crippen molar-refractivity contribution in [1.82, 2.24) is 4.90 Å².